The van der Waals surface area contributed by atoms with E-state index in [0.717, 1.165) is 18.3 Å². The fourth-order valence-electron chi connectivity index (χ4n) is 2.15. The predicted molar refractivity (Wildman–Crippen MR) is 92.2 cm³/mol. The first-order valence-corrected chi connectivity index (χ1v) is 7.64. The normalized spacial score (nSPS) is 11.0. The molecule has 12 heteroatoms. The van der Waals surface area contributed by atoms with Gasteiger partial charge in [0.15, 0.2) is 5.69 Å². The van der Waals surface area contributed by atoms with Crippen molar-refractivity contribution in [3.63, 3.8) is 0 Å². The van der Waals surface area contributed by atoms with E-state index in [1.165, 1.54) is 6.07 Å². The van der Waals surface area contributed by atoms with E-state index in [1.54, 1.807) is 6.92 Å². The number of rotatable bonds is 6. The van der Waals surface area contributed by atoms with Gasteiger partial charge in [-0.3, -0.25) is 19.5 Å². The smallest absolute Gasteiger partial charge is 0.433 e. The fourth-order valence-corrected chi connectivity index (χ4v) is 2.15. The van der Waals surface area contributed by atoms with Crippen molar-refractivity contribution in [2.24, 2.45) is 0 Å². The average Bonchev–Trinajstić information content (AvgIpc) is 2.61. The highest BCUT2D eigenvalue weighted by Gasteiger charge is 2.34. The summed E-state index contributed by atoms with van der Waals surface area (Å²) in [4.78, 5) is 37.4. The zero-order valence-electron chi connectivity index (χ0n) is 14.3. The Kier molecular flexibility index (Phi) is 5.81. The lowest BCUT2D eigenvalue weighted by atomic mass is 10.1. The summed E-state index contributed by atoms with van der Waals surface area (Å²) >= 11 is 0. The lowest BCUT2D eigenvalue weighted by Gasteiger charge is -2.13. The van der Waals surface area contributed by atoms with Crippen LogP contribution < -0.4 is 10.9 Å². The van der Waals surface area contributed by atoms with Crippen molar-refractivity contribution in [2.45, 2.75) is 13.1 Å². The summed E-state index contributed by atoms with van der Waals surface area (Å²) in [5.74, 6) is -1.45. The van der Waals surface area contributed by atoms with Crippen LogP contribution in [0.2, 0.25) is 0 Å². The fraction of sp³-hybridized carbons (Fsp3) is 0.188. The molecular formula is C16H13F3N4O5. The first-order chi connectivity index (χ1) is 13.1. The van der Waals surface area contributed by atoms with E-state index in [4.69, 9.17) is 4.74 Å². The number of nitrogens with zero attached hydrogens (tertiary/aromatic N) is 3. The van der Waals surface area contributed by atoms with E-state index in [0.29, 0.717) is 4.57 Å². The number of benzene rings is 1. The zero-order valence-corrected chi connectivity index (χ0v) is 14.3. The number of esters is 1. The quantitative estimate of drug-likeness (QED) is 0.451. The van der Waals surface area contributed by atoms with Gasteiger partial charge < -0.3 is 10.1 Å². The van der Waals surface area contributed by atoms with Crippen LogP contribution in [-0.4, -0.2) is 27.1 Å². The number of hydrogen-bond acceptors (Lipinski definition) is 7. The molecule has 0 saturated carbocycles. The molecule has 0 fully saturated rings. The van der Waals surface area contributed by atoms with Crippen molar-refractivity contribution in [1.82, 2.24) is 9.55 Å². The minimum Gasteiger partial charge on any atom is -0.462 e. The van der Waals surface area contributed by atoms with Crippen molar-refractivity contribution >= 4 is 29.5 Å². The summed E-state index contributed by atoms with van der Waals surface area (Å²) in [6.07, 6.45) is -4.01. The van der Waals surface area contributed by atoms with Crippen molar-refractivity contribution in [3.05, 3.63) is 62.6 Å². The molecule has 1 heterocycles. The molecule has 0 amide bonds. The topological polar surface area (TPSA) is 116 Å². The summed E-state index contributed by atoms with van der Waals surface area (Å²) in [7, 11) is 0. The highest BCUT2D eigenvalue weighted by molar-refractivity contribution is 5.91. The first-order valence-electron chi connectivity index (χ1n) is 7.64. The van der Waals surface area contributed by atoms with E-state index in [1.807, 2.05) is 0 Å². The Morgan fingerprint density at radius 3 is 2.64 bits per heavy atom. The van der Waals surface area contributed by atoms with Gasteiger partial charge in [0.25, 0.3) is 11.2 Å². The number of ether oxygens (including phenoxy) is 1. The summed E-state index contributed by atoms with van der Waals surface area (Å²) < 4.78 is 44.2. The van der Waals surface area contributed by atoms with Crippen molar-refractivity contribution in [1.29, 1.82) is 0 Å². The van der Waals surface area contributed by atoms with Crippen LogP contribution in [-0.2, 0) is 10.9 Å². The second kappa shape index (κ2) is 7.90. The predicted octanol–water partition coefficient (Wildman–Crippen LogP) is 3.19. The van der Waals surface area contributed by atoms with Gasteiger partial charge >= 0.3 is 12.1 Å². The van der Waals surface area contributed by atoms with Crippen LogP contribution in [0.5, 0.6) is 0 Å². The summed E-state index contributed by atoms with van der Waals surface area (Å²) in [6, 6.07) is 3.43. The largest absolute Gasteiger partial charge is 0.462 e. The molecule has 2 aromatic rings. The Balaban J connectivity index is 2.57. The number of carbonyl (C=O) groups is 1. The first kappa shape index (κ1) is 20.6. The Hall–Kier alpha value is -3.70. The number of anilines is 2. The van der Waals surface area contributed by atoms with Gasteiger partial charge in [-0.05, 0) is 19.1 Å². The molecule has 0 saturated heterocycles. The molecule has 0 aliphatic carbocycles. The third kappa shape index (κ3) is 4.34. The Morgan fingerprint density at radius 2 is 2.11 bits per heavy atom. The van der Waals surface area contributed by atoms with E-state index < -0.39 is 40.0 Å². The van der Waals surface area contributed by atoms with Crippen LogP contribution in [0.15, 0.2) is 35.6 Å². The zero-order chi connectivity index (χ0) is 21.1. The van der Waals surface area contributed by atoms with Crippen LogP contribution in [0, 0.1) is 10.1 Å². The molecule has 0 unspecified atom stereocenters. The molecule has 28 heavy (non-hydrogen) atoms. The van der Waals surface area contributed by atoms with Gasteiger partial charge in [-0.25, -0.2) is 9.78 Å². The van der Waals surface area contributed by atoms with E-state index >= 15 is 0 Å². The minimum atomic E-state index is -4.91. The molecule has 148 valence electrons. The van der Waals surface area contributed by atoms with Gasteiger partial charge in [-0.2, -0.15) is 13.2 Å². The van der Waals surface area contributed by atoms with Crippen LogP contribution in [0.1, 0.15) is 23.0 Å². The third-order valence-corrected chi connectivity index (χ3v) is 3.38. The molecule has 0 bridgehead atoms. The third-order valence-electron chi connectivity index (χ3n) is 3.38. The molecule has 1 N–H and O–H groups in total. The highest BCUT2D eigenvalue weighted by atomic mass is 19.4. The number of hydrogen-bond donors (Lipinski definition) is 1. The molecule has 0 aliphatic heterocycles. The summed E-state index contributed by atoms with van der Waals surface area (Å²) in [5.41, 5.74) is -3.63. The maximum Gasteiger partial charge on any atom is 0.433 e. The number of halogens is 3. The maximum absolute atomic E-state index is 12.9. The minimum absolute atomic E-state index is 0.0480. The Labute approximate surface area is 155 Å². The van der Waals surface area contributed by atoms with Gasteiger partial charge in [0.1, 0.15) is 5.69 Å². The second-order valence-corrected chi connectivity index (χ2v) is 5.19. The molecule has 0 aliphatic rings. The van der Waals surface area contributed by atoms with Crippen molar-refractivity contribution in [3.8, 4) is 0 Å². The van der Waals surface area contributed by atoms with Gasteiger partial charge in [-0.1, -0.05) is 6.58 Å². The lowest BCUT2D eigenvalue weighted by molar-refractivity contribution is -0.384. The number of nitrogens with one attached hydrogen (secondary N) is 1. The number of nitro benzene ring substituents is 1. The van der Waals surface area contributed by atoms with Crippen molar-refractivity contribution in [2.75, 3.05) is 11.9 Å². The molecule has 0 spiro atoms. The van der Waals surface area contributed by atoms with Crippen molar-refractivity contribution < 1.29 is 27.6 Å². The highest BCUT2D eigenvalue weighted by Crippen LogP contribution is 2.31. The van der Waals surface area contributed by atoms with E-state index in [2.05, 4.69) is 16.9 Å². The van der Waals surface area contributed by atoms with Crippen LogP contribution >= 0.6 is 0 Å². The van der Waals surface area contributed by atoms with Gasteiger partial charge in [0, 0.05) is 18.3 Å². The Morgan fingerprint density at radius 1 is 1.43 bits per heavy atom. The molecule has 1 aromatic carbocycles. The number of alkyl halides is 3. The number of carbonyl (C=O) groups excluding carboxylic acids is 1. The molecule has 0 radical (unpaired) electrons. The van der Waals surface area contributed by atoms with Gasteiger partial charge in [0.2, 0.25) is 5.95 Å². The average molecular weight is 398 g/mol. The number of aromatic nitrogens is 2. The summed E-state index contributed by atoms with van der Waals surface area (Å²) in [5, 5.41) is 13.6. The monoisotopic (exact) mass is 398 g/mol. The summed E-state index contributed by atoms with van der Waals surface area (Å²) in [6.45, 7) is 4.91. The van der Waals surface area contributed by atoms with E-state index in [9.17, 15) is 32.9 Å². The lowest BCUT2D eigenvalue weighted by Crippen LogP contribution is -2.23. The Bertz CT molecular complexity index is 1000. The van der Waals surface area contributed by atoms with E-state index in [-0.39, 0.29) is 23.9 Å². The maximum atomic E-state index is 12.9. The van der Waals surface area contributed by atoms with Crippen LogP contribution in [0.4, 0.5) is 30.5 Å². The molecule has 0 atom stereocenters. The standard InChI is InChI=1S/C16H13F3N4O5/c1-3-22-13(24)8-12(16(17,18)19)21-15(22)20-10-6-5-9(14(25)28-4-2)7-11(10)23(26)27/h3,5-8H,1,4H2,2H3,(H,20,21). The molecule has 1 aromatic heterocycles. The van der Waals surface area contributed by atoms with Crippen LogP contribution in [0.25, 0.3) is 6.20 Å². The van der Waals surface area contributed by atoms with Gasteiger partial charge in [0.05, 0.1) is 17.1 Å². The second-order valence-electron chi connectivity index (χ2n) is 5.19. The molecule has 9 nitrogen and oxygen atoms in total. The van der Waals surface area contributed by atoms with Gasteiger partial charge in [-0.15, -0.1) is 0 Å². The molecule has 2 rings (SSSR count). The number of nitro groups is 1. The van der Waals surface area contributed by atoms with Crippen LogP contribution in [0.3, 0.4) is 0 Å². The SMILES string of the molecule is C=Cn1c(Nc2ccc(C(=O)OCC)cc2[N+](=O)[O-])nc(C(F)(F)F)cc1=O. The molecular weight excluding hydrogens is 385 g/mol.